The zero-order chi connectivity index (χ0) is 15.9. The van der Waals surface area contributed by atoms with Crippen LogP contribution >= 0.6 is 0 Å². The van der Waals surface area contributed by atoms with Crippen molar-refractivity contribution in [3.63, 3.8) is 0 Å². The molecule has 0 saturated heterocycles. The van der Waals surface area contributed by atoms with Crippen molar-refractivity contribution in [1.29, 1.82) is 0 Å². The van der Waals surface area contributed by atoms with Gasteiger partial charge in [-0.3, -0.25) is 0 Å². The molecule has 0 saturated carbocycles. The molecule has 1 aromatic carbocycles. The maximum atomic E-state index is 5.94. The highest BCUT2D eigenvalue weighted by Gasteiger charge is 2.18. The summed E-state index contributed by atoms with van der Waals surface area (Å²) in [6.45, 7) is 16.1. The van der Waals surface area contributed by atoms with Crippen LogP contribution in [0.1, 0.15) is 45.7 Å². The SMILES string of the molecule is Cc1ccc(C(C)(C)C)c(OCCOCC[NH2+]C(C)C)c1. The zero-order valence-electron chi connectivity index (χ0n) is 14.5. The van der Waals surface area contributed by atoms with E-state index in [1.54, 1.807) is 0 Å². The lowest BCUT2D eigenvalue weighted by atomic mass is 9.86. The van der Waals surface area contributed by atoms with Gasteiger partial charge in [-0.15, -0.1) is 0 Å². The third-order valence-corrected chi connectivity index (χ3v) is 3.33. The van der Waals surface area contributed by atoms with Gasteiger partial charge in [-0.05, 0) is 43.4 Å². The van der Waals surface area contributed by atoms with E-state index in [1.165, 1.54) is 11.1 Å². The van der Waals surface area contributed by atoms with E-state index in [4.69, 9.17) is 9.47 Å². The van der Waals surface area contributed by atoms with Gasteiger partial charge in [0.25, 0.3) is 0 Å². The molecule has 0 aromatic heterocycles. The molecule has 3 nitrogen and oxygen atoms in total. The van der Waals surface area contributed by atoms with E-state index in [0.29, 0.717) is 19.3 Å². The van der Waals surface area contributed by atoms with Crippen LogP contribution in [0.4, 0.5) is 0 Å². The quantitative estimate of drug-likeness (QED) is 0.748. The average Bonchev–Trinajstić information content (AvgIpc) is 2.35. The monoisotopic (exact) mass is 294 g/mol. The van der Waals surface area contributed by atoms with Gasteiger partial charge in [-0.1, -0.05) is 32.9 Å². The Hall–Kier alpha value is -1.06. The highest BCUT2D eigenvalue weighted by Crippen LogP contribution is 2.31. The maximum absolute atomic E-state index is 5.94. The van der Waals surface area contributed by atoms with E-state index >= 15 is 0 Å². The Morgan fingerprint density at radius 1 is 1.10 bits per heavy atom. The molecule has 3 heteroatoms. The van der Waals surface area contributed by atoms with Gasteiger partial charge in [-0.25, -0.2) is 0 Å². The van der Waals surface area contributed by atoms with Crippen molar-refractivity contribution in [2.75, 3.05) is 26.4 Å². The molecule has 0 heterocycles. The average molecular weight is 294 g/mol. The highest BCUT2D eigenvalue weighted by molar-refractivity contribution is 5.41. The van der Waals surface area contributed by atoms with Crippen LogP contribution in [-0.4, -0.2) is 32.4 Å². The standard InChI is InChI=1S/C18H31NO2/c1-14(2)19-9-10-20-11-12-21-17-13-15(3)7-8-16(17)18(4,5)6/h7-8,13-14,19H,9-12H2,1-6H3/p+1. The third-order valence-electron chi connectivity index (χ3n) is 3.33. The Morgan fingerprint density at radius 2 is 1.81 bits per heavy atom. The maximum Gasteiger partial charge on any atom is 0.123 e. The van der Waals surface area contributed by atoms with Gasteiger partial charge in [0.15, 0.2) is 0 Å². The number of nitrogens with two attached hydrogens (primary N) is 1. The van der Waals surface area contributed by atoms with Crippen molar-refractivity contribution < 1.29 is 14.8 Å². The molecule has 0 aliphatic heterocycles. The fourth-order valence-electron chi connectivity index (χ4n) is 2.17. The number of hydrogen-bond donors (Lipinski definition) is 1. The summed E-state index contributed by atoms with van der Waals surface area (Å²) in [4.78, 5) is 0. The molecule has 0 unspecified atom stereocenters. The van der Waals surface area contributed by atoms with E-state index < -0.39 is 0 Å². The Bertz CT molecular complexity index is 422. The minimum Gasteiger partial charge on any atom is -0.491 e. The van der Waals surface area contributed by atoms with Crippen LogP contribution < -0.4 is 10.1 Å². The lowest BCUT2D eigenvalue weighted by molar-refractivity contribution is -0.684. The number of benzene rings is 1. The molecule has 1 rings (SSSR count). The number of hydrogen-bond acceptors (Lipinski definition) is 2. The Morgan fingerprint density at radius 3 is 2.43 bits per heavy atom. The first-order valence-electron chi connectivity index (χ1n) is 7.95. The highest BCUT2D eigenvalue weighted by atomic mass is 16.5. The summed E-state index contributed by atoms with van der Waals surface area (Å²) in [6.07, 6.45) is 0. The number of ether oxygens (including phenoxy) is 2. The Kier molecular flexibility index (Phi) is 7.20. The van der Waals surface area contributed by atoms with Gasteiger partial charge in [0.1, 0.15) is 12.4 Å². The number of aryl methyl sites for hydroxylation is 1. The summed E-state index contributed by atoms with van der Waals surface area (Å²) in [6, 6.07) is 7.06. The summed E-state index contributed by atoms with van der Waals surface area (Å²) in [5.74, 6) is 0.986. The first-order valence-corrected chi connectivity index (χ1v) is 7.95. The van der Waals surface area contributed by atoms with Crippen molar-refractivity contribution >= 4 is 0 Å². The molecule has 0 aliphatic carbocycles. The van der Waals surface area contributed by atoms with Gasteiger partial charge in [-0.2, -0.15) is 0 Å². The molecular formula is C18H32NO2+. The topological polar surface area (TPSA) is 35.1 Å². The number of rotatable bonds is 8. The Labute approximate surface area is 130 Å². The van der Waals surface area contributed by atoms with Crippen LogP contribution in [0.3, 0.4) is 0 Å². The summed E-state index contributed by atoms with van der Waals surface area (Å²) in [5.41, 5.74) is 2.57. The molecule has 0 bridgehead atoms. The zero-order valence-corrected chi connectivity index (χ0v) is 14.5. The van der Waals surface area contributed by atoms with E-state index in [2.05, 4.69) is 65.1 Å². The lowest BCUT2D eigenvalue weighted by Crippen LogP contribution is -2.89. The molecule has 0 amide bonds. The second-order valence-corrected chi connectivity index (χ2v) is 6.98. The molecular weight excluding hydrogens is 262 g/mol. The summed E-state index contributed by atoms with van der Waals surface area (Å²) in [5, 5.41) is 2.28. The fraction of sp³-hybridized carbons (Fsp3) is 0.667. The lowest BCUT2D eigenvalue weighted by Gasteiger charge is -2.23. The van der Waals surface area contributed by atoms with Crippen molar-refractivity contribution in [2.45, 2.75) is 53.0 Å². The molecule has 120 valence electrons. The van der Waals surface area contributed by atoms with Crippen LogP contribution in [-0.2, 0) is 10.2 Å². The van der Waals surface area contributed by atoms with Crippen molar-refractivity contribution in [1.82, 2.24) is 0 Å². The van der Waals surface area contributed by atoms with Crippen molar-refractivity contribution in [3.8, 4) is 5.75 Å². The van der Waals surface area contributed by atoms with Gasteiger partial charge in [0.05, 0.1) is 25.8 Å². The first kappa shape index (κ1) is 18.0. The summed E-state index contributed by atoms with van der Waals surface area (Å²) in [7, 11) is 0. The third kappa shape index (κ3) is 6.96. The molecule has 0 atom stereocenters. The van der Waals surface area contributed by atoms with Crippen molar-refractivity contribution in [3.05, 3.63) is 29.3 Å². The molecule has 0 fully saturated rings. The van der Waals surface area contributed by atoms with Gasteiger partial charge >= 0.3 is 0 Å². The molecule has 21 heavy (non-hydrogen) atoms. The minimum atomic E-state index is 0.0934. The minimum absolute atomic E-state index is 0.0934. The van der Waals surface area contributed by atoms with E-state index in [0.717, 1.165) is 18.9 Å². The summed E-state index contributed by atoms with van der Waals surface area (Å²) >= 11 is 0. The van der Waals surface area contributed by atoms with Crippen LogP contribution in [0.15, 0.2) is 18.2 Å². The largest absolute Gasteiger partial charge is 0.491 e. The van der Waals surface area contributed by atoms with E-state index in [-0.39, 0.29) is 5.41 Å². The fourth-order valence-corrected chi connectivity index (χ4v) is 2.17. The van der Waals surface area contributed by atoms with Gasteiger partial charge in [0.2, 0.25) is 0 Å². The van der Waals surface area contributed by atoms with Crippen molar-refractivity contribution in [2.24, 2.45) is 0 Å². The Balaban J connectivity index is 2.40. The molecule has 1 aromatic rings. The second kappa shape index (κ2) is 8.40. The predicted molar refractivity (Wildman–Crippen MR) is 88.1 cm³/mol. The van der Waals surface area contributed by atoms with Crippen LogP contribution in [0.5, 0.6) is 5.75 Å². The van der Waals surface area contributed by atoms with Gasteiger partial charge < -0.3 is 14.8 Å². The molecule has 0 aliphatic rings. The smallest absolute Gasteiger partial charge is 0.123 e. The second-order valence-electron chi connectivity index (χ2n) is 6.98. The van der Waals surface area contributed by atoms with Crippen LogP contribution in [0.25, 0.3) is 0 Å². The first-order chi connectivity index (χ1) is 9.80. The van der Waals surface area contributed by atoms with Crippen LogP contribution in [0, 0.1) is 6.92 Å². The molecule has 0 spiro atoms. The number of quaternary nitrogens is 1. The van der Waals surface area contributed by atoms with E-state index in [9.17, 15) is 0 Å². The molecule has 2 N–H and O–H groups in total. The predicted octanol–water partition coefficient (Wildman–Crippen LogP) is 2.66. The summed E-state index contributed by atoms with van der Waals surface area (Å²) < 4.78 is 11.5. The van der Waals surface area contributed by atoms with Gasteiger partial charge in [0, 0.05) is 0 Å². The molecule has 0 radical (unpaired) electrons. The van der Waals surface area contributed by atoms with E-state index in [1.807, 2.05) is 0 Å². The normalized spacial score (nSPS) is 12.0. The van der Waals surface area contributed by atoms with Crippen LogP contribution in [0.2, 0.25) is 0 Å².